The van der Waals surface area contributed by atoms with E-state index in [0.717, 1.165) is 11.1 Å². The average molecular weight is 533 g/mol. The van der Waals surface area contributed by atoms with Crippen LogP contribution in [0.15, 0.2) is 88.1 Å². The molecule has 1 aliphatic rings. The normalized spacial score (nSPS) is 12.2. The molecule has 0 spiro atoms. The van der Waals surface area contributed by atoms with Gasteiger partial charge in [0.25, 0.3) is 5.56 Å². The molecule has 0 saturated heterocycles. The lowest BCUT2D eigenvalue weighted by Gasteiger charge is -2.12. The predicted octanol–water partition coefficient (Wildman–Crippen LogP) is 6.47. The largest absolute Gasteiger partial charge is 0.454 e. The number of ether oxygens (including phenoxy) is 2. The van der Waals surface area contributed by atoms with Crippen molar-refractivity contribution < 1.29 is 14.3 Å². The van der Waals surface area contributed by atoms with Crippen molar-refractivity contribution in [2.24, 2.45) is 0 Å². The van der Waals surface area contributed by atoms with Crippen LogP contribution in [0.1, 0.15) is 10.4 Å². The molecule has 178 valence electrons. The number of thioether (sulfide) groups is 1. The van der Waals surface area contributed by atoms with E-state index in [0.29, 0.717) is 43.1 Å². The number of thiophene rings is 1. The van der Waals surface area contributed by atoms with Gasteiger partial charge in [0.2, 0.25) is 6.79 Å². The van der Waals surface area contributed by atoms with Crippen molar-refractivity contribution in [3.63, 3.8) is 0 Å². The summed E-state index contributed by atoms with van der Waals surface area (Å²) in [4.78, 5) is 32.3. The zero-order valence-electron chi connectivity index (χ0n) is 18.6. The number of halogens is 1. The quantitative estimate of drug-likeness (QED) is 0.142. The van der Waals surface area contributed by atoms with E-state index in [2.05, 4.69) is 0 Å². The molecule has 1 aliphatic heterocycles. The molecular weight excluding hydrogens is 516 g/mol. The highest BCUT2D eigenvalue weighted by Crippen LogP contribution is 2.35. The minimum Gasteiger partial charge on any atom is -0.454 e. The van der Waals surface area contributed by atoms with E-state index in [1.165, 1.54) is 23.1 Å². The van der Waals surface area contributed by atoms with E-state index in [-0.39, 0.29) is 23.9 Å². The summed E-state index contributed by atoms with van der Waals surface area (Å²) in [6, 6.07) is 21.8. The number of benzene rings is 3. The fourth-order valence-corrected chi connectivity index (χ4v) is 6.02. The van der Waals surface area contributed by atoms with E-state index in [9.17, 15) is 9.59 Å². The molecule has 36 heavy (non-hydrogen) atoms. The van der Waals surface area contributed by atoms with Gasteiger partial charge in [0.05, 0.1) is 16.8 Å². The average Bonchev–Trinajstić information content (AvgIpc) is 3.55. The van der Waals surface area contributed by atoms with Crippen LogP contribution in [0.5, 0.6) is 11.5 Å². The van der Waals surface area contributed by atoms with E-state index in [1.54, 1.807) is 34.9 Å². The molecule has 0 atom stereocenters. The molecule has 0 saturated carbocycles. The Balaban J connectivity index is 1.40. The molecule has 6 nitrogen and oxygen atoms in total. The minimum absolute atomic E-state index is 0.0970. The molecule has 0 bridgehead atoms. The Kier molecular flexibility index (Phi) is 6.00. The summed E-state index contributed by atoms with van der Waals surface area (Å²) in [7, 11) is 0. The Morgan fingerprint density at radius 3 is 2.61 bits per heavy atom. The number of nitrogens with zero attached hydrogens (tertiary/aromatic N) is 2. The van der Waals surface area contributed by atoms with Crippen LogP contribution in [0.25, 0.3) is 27.0 Å². The van der Waals surface area contributed by atoms with Gasteiger partial charge < -0.3 is 9.47 Å². The van der Waals surface area contributed by atoms with Crippen molar-refractivity contribution in [1.82, 2.24) is 9.55 Å². The number of ketones is 1. The highest BCUT2D eigenvalue weighted by molar-refractivity contribution is 7.99. The highest BCUT2D eigenvalue weighted by atomic mass is 35.5. The summed E-state index contributed by atoms with van der Waals surface area (Å²) in [5.41, 5.74) is 2.71. The van der Waals surface area contributed by atoms with Crippen molar-refractivity contribution >= 4 is 50.7 Å². The molecule has 2 aromatic heterocycles. The second-order valence-corrected chi connectivity index (χ2v) is 10.2. The molecule has 0 radical (unpaired) electrons. The van der Waals surface area contributed by atoms with E-state index in [1.807, 2.05) is 47.8 Å². The van der Waals surface area contributed by atoms with Crippen molar-refractivity contribution in [2.75, 3.05) is 12.5 Å². The van der Waals surface area contributed by atoms with Crippen LogP contribution in [-0.2, 0) is 0 Å². The first-order chi connectivity index (χ1) is 17.6. The van der Waals surface area contributed by atoms with Gasteiger partial charge in [-0.2, -0.15) is 0 Å². The third-order valence-corrected chi connectivity index (χ3v) is 7.84. The number of fused-ring (bicyclic) bond motifs is 2. The summed E-state index contributed by atoms with van der Waals surface area (Å²) in [6.45, 7) is 0.147. The molecule has 5 aromatic rings. The van der Waals surface area contributed by atoms with Gasteiger partial charge in [-0.3, -0.25) is 14.2 Å². The van der Waals surface area contributed by atoms with Crippen LogP contribution in [0.3, 0.4) is 0 Å². The monoisotopic (exact) mass is 532 g/mol. The summed E-state index contributed by atoms with van der Waals surface area (Å²) in [5, 5.41) is 3.56. The van der Waals surface area contributed by atoms with E-state index < -0.39 is 0 Å². The van der Waals surface area contributed by atoms with Crippen LogP contribution in [0.4, 0.5) is 0 Å². The van der Waals surface area contributed by atoms with Gasteiger partial charge in [-0.25, -0.2) is 4.98 Å². The van der Waals surface area contributed by atoms with Crippen molar-refractivity contribution in [3.05, 3.63) is 99.1 Å². The molecule has 6 rings (SSSR count). The number of aromatic nitrogens is 2. The number of para-hydroxylation sites is 1. The smallest absolute Gasteiger partial charge is 0.268 e. The first kappa shape index (κ1) is 22.8. The first-order valence-corrected chi connectivity index (χ1v) is 13.2. The van der Waals surface area contributed by atoms with Gasteiger partial charge in [-0.15, -0.1) is 11.3 Å². The molecule has 0 N–H and O–H groups in total. The first-order valence-electron chi connectivity index (χ1n) is 11.0. The summed E-state index contributed by atoms with van der Waals surface area (Å²) >= 11 is 8.70. The Hall–Kier alpha value is -3.59. The molecule has 0 aliphatic carbocycles. The van der Waals surface area contributed by atoms with Gasteiger partial charge in [-0.05, 0) is 48.0 Å². The maximum atomic E-state index is 13.9. The topological polar surface area (TPSA) is 70.4 Å². The Bertz CT molecular complexity index is 1660. The highest BCUT2D eigenvalue weighted by Gasteiger charge is 2.21. The van der Waals surface area contributed by atoms with Gasteiger partial charge in [-0.1, -0.05) is 53.7 Å². The van der Waals surface area contributed by atoms with Crippen molar-refractivity contribution in [1.29, 1.82) is 0 Å². The number of Topliss-reactive ketones (excluding diaryl/α,β-unsaturated/α-hetero) is 1. The predicted molar refractivity (Wildman–Crippen MR) is 143 cm³/mol. The number of carbonyl (C=O) groups excluding carboxylic acids is 1. The third kappa shape index (κ3) is 4.17. The number of rotatable bonds is 6. The molecule has 0 amide bonds. The van der Waals surface area contributed by atoms with Crippen LogP contribution < -0.4 is 15.0 Å². The van der Waals surface area contributed by atoms with Crippen LogP contribution >= 0.6 is 34.7 Å². The molecule has 0 fully saturated rings. The van der Waals surface area contributed by atoms with E-state index in [4.69, 9.17) is 26.1 Å². The Morgan fingerprint density at radius 1 is 1.03 bits per heavy atom. The summed E-state index contributed by atoms with van der Waals surface area (Å²) in [6.07, 6.45) is 0. The lowest BCUT2D eigenvalue weighted by molar-refractivity contribution is 0.102. The molecule has 9 heteroatoms. The Labute approximate surface area is 219 Å². The van der Waals surface area contributed by atoms with Crippen molar-refractivity contribution in [3.8, 4) is 28.3 Å². The number of hydrogen-bond acceptors (Lipinski definition) is 7. The van der Waals surface area contributed by atoms with Gasteiger partial charge in [0.1, 0.15) is 4.83 Å². The van der Waals surface area contributed by atoms with E-state index >= 15 is 0 Å². The van der Waals surface area contributed by atoms with Crippen LogP contribution in [0, 0.1) is 0 Å². The third-order valence-electron chi connectivity index (χ3n) is 5.77. The fraction of sp³-hybridized carbons (Fsp3) is 0.0741. The van der Waals surface area contributed by atoms with Gasteiger partial charge in [0.15, 0.2) is 22.4 Å². The maximum Gasteiger partial charge on any atom is 0.268 e. The molecule has 3 heterocycles. The number of carbonyl (C=O) groups is 1. The van der Waals surface area contributed by atoms with Gasteiger partial charge >= 0.3 is 0 Å². The minimum atomic E-state index is -0.185. The second kappa shape index (κ2) is 9.46. The Morgan fingerprint density at radius 2 is 1.81 bits per heavy atom. The lowest BCUT2D eigenvalue weighted by Crippen LogP contribution is -2.22. The van der Waals surface area contributed by atoms with Crippen molar-refractivity contribution in [2.45, 2.75) is 5.16 Å². The van der Waals surface area contributed by atoms with Crippen LogP contribution in [-0.4, -0.2) is 27.9 Å². The molecular formula is C27H17ClN2O4S2. The standard InChI is InChI=1S/C27H17ClN2O4S2/c28-18-9-6-16(7-10-18)20-13-35-25-24(20)26(32)30(19-4-2-1-3-5-19)27(29-25)36-14-21(31)17-8-11-22-23(12-17)34-15-33-22/h1-13H,14-15H2. The zero-order chi connectivity index (χ0) is 24.6. The number of hydrogen-bond donors (Lipinski definition) is 0. The second-order valence-electron chi connectivity index (χ2n) is 7.99. The summed E-state index contributed by atoms with van der Waals surface area (Å²) < 4.78 is 12.3. The fourth-order valence-electron chi connectivity index (χ4n) is 4.00. The van der Waals surface area contributed by atoms with Crippen LogP contribution in [0.2, 0.25) is 5.02 Å². The SMILES string of the molecule is O=C(CSc1nc2scc(-c3ccc(Cl)cc3)c2c(=O)n1-c1ccccc1)c1ccc2c(c1)OCO2. The molecule has 0 unspecified atom stereocenters. The van der Waals surface area contributed by atoms with Gasteiger partial charge in [0, 0.05) is 21.5 Å². The zero-order valence-corrected chi connectivity index (χ0v) is 21.0. The summed E-state index contributed by atoms with van der Waals surface area (Å²) in [5.74, 6) is 1.19. The lowest BCUT2D eigenvalue weighted by atomic mass is 10.1. The maximum absolute atomic E-state index is 13.9. The molecule has 3 aromatic carbocycles.